The molecule has 1 atom stereocenters. The van der Waals surface area contributed by atoms with Gasteiger partial charge >= 0.3 is 5.69 Å². The van der Waals surface area contributed by atoms with Crippen LogP contribution in [0.15, 0.2) is 21.7 Å². The minimum Gasteiger partial charge on any atom is -0.316 e. The number of hydrogen-bond acceptors (Lipinski definition) is 4. The number of aryl methyl sites for hydroxylation is 1. The van der Waals surface area contributed by atoms with Crippen LogP contribution in [0.25, 0.3) is 11.0 Å². The van der Waals surface area contributed by atoms with Gasteiger partial charge in [0.2, 0.25) is 0 Å². The summed E-state index contributed by atoms with van der Waals surface area (Å²) >= 11 is 0. The van der Waals surface area contributed by atoms with Crippen molar-refractivity contribution >= 4 is 11.0 Å². The van der Waals surface area contributed by atoms with E-state index in [0.29, 0.717) is 17.0 Å². The summed E-state index contributed by atoms with van der Waals surface area (Å²) in [6.45, 7) is 1.89. The van der Waals surface area contributed by atoms with Gasteiger partial charge in [-0.25, -0.2) is 9.78 Å². The minimum absolute atomic E-state index is 0.290. The third-order valence-electron chi connectivity index (χ3n) is 3.80. The van der Waals surface area contributed by atoms with Crippen LogP contribution >= 0.6 is 0 Å². The van der Waals surface area contributed by atoms with E-state index in [9.17, 15) is 9.59 Å². The fourth-order valence-electron chi connectivity index (χ4n) is 2.60. The summed E-state index contributed by atoms with van der Waals surface area (Å²) in [5.74, 6) is 0.364. The number of nitrogens with one attached hydrogen (secondary N) is 1. The highest BCUT2D eigenvalue weighted by Gasteiger charge is 2.19. The molecule has 0 radical (unpaired) electrons. The van der Waals surface area contributed by atoms with Crippen LogP contribution in [-0.4, -0.2) is 27.2 Å². The summed E-state index contributed by atoms with van der Waals surface area (Å²) in [6, 6.07) is 3.67. The third-order valence-corrected chi connectivity index (χ3v) is 3.80. The molecule has 1 aliphatic heterocycles. The topological polar surface area (TPSA) is 68.9 Å². The number of rotatable bonds is 1. The van der Waals surface area contributed by atoms with E-state index in [1.165, 1.54) is 11.6 Å². The molecule has 1 aliphatic rings. The first-order valence-corrected chi connectivity index (χ1v) is 6.37. The summed E-state index contributed by atoms with van der Waals surface area (Å²) in [4.78, 5) is 28.5. The first-order valence-electron chi connectivity index (χ1n) is 6.37. The van der Waals surface area contributed by atoms with Crippen LogP contribution in [0.5, 0.6) is 0 Å². The standard InChI is InChI=1S/C13H16N4O2/c1-16-11-9(12(18)17(2)13(16)19)3-4-10(15-11)8-5-6-14-7-8/h3-4,8,14H,5-7H2,1-2H3/t8-/m0/s1. The number of aromatic nitrogens is 3. The van der Waals surface area contributed by atoms with Crippen molar-refractivity contribution in [1.29, 1.82) is 0 Å². The Morgan fingerprint density at radius 3 is 2.74 bits per heavy atom. The molecular formula is C13H16N4O2. The monoisotopic (exact) mass is 260 g/mol. The van der Waals surface area contributed by atoms with Gasteiger partial charge in [-0.3, -0.25) is 13.9 Å². The highest BCUT2D eigenvalue weighted by molar-refractivity contribution is 5.74. The van der Waals surface area contributed by atoms with E-state index in [1.807, 2.05) is 6.07 Å². The normalized spacial score (nSPS) is 19.2. The van der Waals surface area contributed by atoms with Crippen molar-refractivity contribution in [2.45, 2.75) is 12.3 Å². The second kappa shape index (κ2) is 4.31. The Labute approximate surface area is 109 Å². The van der Waals surface area contributed by atoms with Crippen LogP contribution in [0, 0.1) is 0 Å². The second-order valence-electron chi connectivity index (χ2n) is 5.00. The predicted octanol–water partition coefficient (Wildman–Crippen LogP) is -0.291. The van der Waals surface area contributed by atoms with Gasteiger partial charge in [0.25, 0.3) is 5.56 Å². The van der Waals surface area contributed by atoms with Crippen molar-refractivity contribution in [3.63, 3.8) is 0 Å². The fourth-order valence-corrected chi connectivity index (χ4v) is 2.60. The molecule has 0 bridgehead atoms. The van der Waals surface area contributed by atoms with Gasteiger partial charge in [0, 0.05) is 32.3 Å². The average molecular weight is 260 g/mol. The van der Waals surface area contributed by atoms with Crippen LogP contribution in [0.2, 0.25) is 0 Å². The Morgan fingerprint density at radius 2 is 2.05 bits per heavy atom. The summed E-state index contributed by atoms with van der Waals surface area (Å²) < 4.78 is 2.55. The molecule has 19 heavy (non-hydrogen) atoms. The SMILES string of the molecule is Cn1c(=O)c2ccc([C@H]3CCNC3)nc2n(C)c1=O. The molecule has 2 aromatic heterocycles. The maximum Gasteiger partial charge on any atom is 0.332 e. The van der Waals surface area contributed by atoms with Crippen molar-refractivity contribution in [1.82, 2.24) is 19.4 Å². The van der Waals surface area contributed by atoms with Crippen LogP contribution in [-0.2, 0) is 14.1 Å². The van der Waals surface area contributed by atoms with Crippen molar-refractivity contribution < 1.29 is 0 Å². The first-order chi connectivity index (χ1) is 9.09. The average Bonchev–Trinajstić information content (AvgIpc) is 2.96. The fraction of sp³-hybridized carbons (Fsp3) is 0.462. The van der Waals surface area contributed by atoms with E-state index in [-0.39, 0.29) is 11.2 Å². The lowest BCUT2D eigenvalue weighted by atomic mass is 10.0. The molecule has 100 valence electrons. The molecule has 0 aliphatic carbocycles. The van der Waals surface area contributed by atoms with Gasteiger partial charge in [0.15, 0.2) is 0 Å². The lowest BCUT2D eigenvalue weighted by Crippen LogP contribution is -2.37. The molecule has 1 N–H and O–H groups in total. The molecule has 3 heterocycles. The van der Waals surface area contributed by atoms with Gasteiger partial charge in [-0.1, -0.05) is 0 Å². The summed E-state index contributed by atoms with van der Waals surface area (Å²) in [7, 11) is 3.13. The van der Waals surface area contributed by atoms with Gasteiger partial charge in [0.05, 0.1) is 5.39 Å². The van der Waals surface area contributed by atoms with E-state index in [2.05, 4.69) is 10.3 Å². The van der Waals surface area contributed by atoms with E-state index in [1.54, 1.807) is 13.1 Å². The zero-order chi connectivity index (χ0) is 13.6. The van der Waals surface area contributed by atoms with Gasteiger partial charge in [-0.15, -0.1) is 0 Å². The maximum absolute atomic E-state index is 12.0. The van der Waals surface area contributed by atoms with Crippen molar-refractivity contribution in [2.24, 2.45) is 14.1 Å². The molecular weight excluding hydrogens is 244 g/mol. The Kier molecular flexibility index (Phi) is 2.74. The van der Waals surface area contributed by atoms with Gasteiger partial charge in [-0.2, -0.15) is 0 Å². The van der Waals surface area contributed by atoms with Crippen molar-refractivity contribution in [2.75, 3.05) is 13.1 Å². The predicted molar refractivity (Wildman–Crippen MR) is 72.5 cm³/mol. The van der Waals surface area contributed by atoms with Crippen LogP contribution in [0.4, 0.5) is 0 Å². The molecule has 1 fully saturated rings. The van der Waals surface area contributed by atoms with Gasteiger partial charge < -0.3 is 5.32 Å². The summed E-state index contributed by atoms with van der Waals surface area (Å²) in [6.07, 6.45) is 1.04. The first kappa shape index (κ1) is 12.1. The molecule has 6 heteroatoms. The van der Waals surface area contributed by atoms with E-state index in [0.717, 1.165) is 29.8 Å². The summed E-state index contributed by atoms with van der Waals surface area (Å²) in [5, 5.41) is 3.78. The largest absolute Gasteiger partial charge is 0.332 e. The van der Waals surface area contributed by atoms with Crippen molar-refractivity contribution in [3.8, 4) is 0 Å². The molecule has 3 rings (SSSR count). The lowest BCUT2D eigenvalue weighted by Gasteiger charge is -2.11. The molecule has 0 amide bonds. The van der Waals surface area contributed by atoms with Crippen LogP contribution in [0.1, 0.15) is 18.0 Å². The van der Waals surface area contributed by atoms with E-state index < -0.39 is 0 Å². The lowest BCUT2D eigenvalue weighted by molar-refractivity contribution is 0.696. The Balaban J connectivity index is 2.28. The Hall–Kier alpha value is -1.95. The quantitative estimate of drug-likeness (QED) is 0.765. The smallest absolute Gasteiger partial charge is 0.316 e. The van der Waals surface area contributed by atoms with Gasteiger partial charge in [-0.05, 0) is 25.1 Å². The number of hydrogen-bond donors (Lipinski definition) is 1. The zero-order valence-electron chi connectivity index (χ0n) is 11.0. The molecule has 0 saturated carbocycles. The highest BCUT2D eigenvalue weighted by Crippen LogP contribution is 2.21. The zero-order valence-corrected chi connectivity index (χ0v) is 11.0. The molecule has 2 aromatic rings. The third kappa shape index (κ3) is 1.79. The second-order valence-corrected chi connectivity index (χ2v) is 5.00. The highest BCUT2D eigenvalue weighted by atomic mass is 16.2. The van der Waals surface area contributed by atoms with Crippen molar-refractivity contribution in [3.05, 3.63) is 38.7 Å². The summed E-state index contributed by atoms with van der Waals surface area (Å²) in [5.41, 5.74) is 0.784. The van der Waals surface area contributed by atoms with E-state index >= 15 is 0 Å². The minimum atomic E-state index is -0.341. The molecule has 0 spiro atoms. The molecule has 6 nitrogen and oxygen atoms in total. The number of pyridine rings is 1. The van der Waals surface area contributed by atoms with Gasteiger partial charge in [0.1, 0.15) is 5.65 Å². The maximum atomic E-state index is 12.0. The number of fused-ring (bicyclic) bond motifs is 1. The van der Waals surface area contributed by atoms with Crippen LogP contribution < -0.4 is 16.6 Å². The number of nitrogens with zero attached hydrogens (tertiary/aromatic N) is 3. The van der Waals surface area contributed by atoms with Crippen LogP contribution in [0.3, 0.4) is 0 Å². The Bertz CT molecular complexity index is 754. The molecule has 0 aromatic carbocycles. The van der Waals surface area contributed by atoms with E-state index in [4.69, 9.17) is 0 Å². The molecule has 0 unspecified atom stereocenters. The Morgan fingerprint density at radius 1 is 1.26 bits per heavy atom. The molecule has 1 saturated heterocycles.